The van der Waals surface area contributed by atoms with Gasteiger partial charge in [0.15, 0.2) is 0 Å². The van der Waals surface area contributed by atoms with Crippen molar-refractivity contribution in [3.05, 3.63) is 57.0 Å². The highest BCUT2D eigenvalue weighted by molar-refractivity contribution is 9.11. The highest BCUT2D eigenvalue weighted by Crippen LogP contribution is 2.33. The molecule has 0 aliphatic carbocycles. The van der Waals surface area contributed by atoms with Crippen molar-refractivity contribution in [2.24, 2.45) is 0 Å². The standard InChI is InChI=1S/C13H11Br2NS/c14-10-5-1-2-7-12(10)17-8-9-4-3-6-11(16)13(9)15/h1-7H,8,16H2. The zero-order valence-electron chi connectivity index (χ0n) is 8.99. The van der Waals surface area contributed by atoms with Crippen LogP contribution in [0.5, 0.6) is 0 Å². The molecule has 2 aromatic carbocycles. The largest absolute Gasteiger partial charge is 0.398 e. The lowest BCUT2D eigenvalue weighted by molar-refractivity contribution is 1.34. The van der Waals surface area contributed by atoms with Gasteiger partial charge in [-0.25, -0.2) is 0 Å². The molecule has 2 N–H and O–H groups in total. The van der Waals surface area contributed by atoms with E-state index in [9.17, 15) is 0 Å². The lowest BCUT2D eigenvalue weighted by Gasteiger charge is -2.07. The van der Waals surface area contributed by atoms with Crippen LogP contribution in [0, 0.1) is 0 Å². The van der Waals surface area contributed by atoms with Crippen LogP contribution in [0.2, 0.25) is 0 Å². The van der Waals surface area contributed by atoms with Crippen molar-refractivity contribution in [2.75, 3.05) is 5.73 Å². The fourth-order valence-corrected chi connectivity index (χ4v) is 3.58. The van der Waals surface area contributed by atoms with E-state index in [1.165, 1.54) is 10.5 Å². The summed E-state index contributed by atoms with van der Waals surface area (Å²) in [5, 5.41) is 0. The van der Waals surface area contributed by atoms with E-state index in [2.05, 4.69) is 50.1 Å². The number of thioether (sulfide) groups is 1. The van der Waals surface area contributed by atoms with E-state index < -0.39 is 0 Å². The maximum atomic E-state index is 5.85. The third kappa shape index (κ3) is 3.27. The molecule has 0 unspecified atom stereocenters. The summed E-state index contributed by atoms with van der Waals surface area (Å²) in [4.78, 5) is 1.24. The molecule has 0 heterocycles. The number of hydrogen-bond acceptors (Lipinski definition) is 2. The summed E-state index contributed by atoms with van der Waals surface area (Å²) in [7, 11) is 0. The van der Waals surface area contributed by atoms with E-state index in [0.29, 0.717) is 0 Å². The summed E-state index contributed by atoms with van der Waals surface area (Å²) in [6.45, 7) is 0. The average Bonchev–Trinajstić information content (AvgIpc) is 2.33. The second kappa shape index (κ2) is 5.94. The second-order valence-corrected chi connectivity index (χ2v) is 6.20. The number of nitrogen functional groups attached to an aromatic ring is 1. The van der Waals surface area contributed by atoms with Crippen LogP contribution in [0.1, 0.15) is 5.56 Å². The van der Waals surface area contributed by atoms with Gasteiger partial charge in [-0.2, -0.15) is 0 Å². The van der Waals surface area contributed by atoms with Crippen molar-refractivity contribution >= 4 is 49.3 Å². The summed E-state index contributed by atoms with van der Waals surface area (Å²) >= 11 is 8.86. The maximum absolute atomic E-state index is 5.85. The Morgan fingerprint density at radius 1 is 1.00 bits per heavy atom. The van der Waals surface area contributed by atoms with Crippen molar-refractivity contribution in [3.8, 4) is 0 Å². The highest BCUT2D eigenvalue weighted by atomic mass is 79.9. The number of halogens is 2. The van der Waals surface area contributed by atoms with Gasteiger partial charge in [-0.15, -0.1) is 11.8 Å². The predicted octanol–water partition coefficient (Wildman–Crippen LogP) is 5.09. The van der Waals surface area contributed by atoms with Crippen LogP contribution in [-0.4, -0.2) is 0 Å². The first-order chi connectivity index (χ1) is 8.18. The SMILES string of the molecule is Nc1cccc(CSc2ccccc2Br)c1Br. The van der Waals surface area contributed by atoms with Crippen LogP contribution in [0.3, 0.4) is 0 Å². The molecule has 88 valence electrons. The molecule has 0 saturated heterocycles. The molecule has 0 saturated carbocycles. The van der Waals surface area contributed by atoms with Crippen LogP contribution in [0.4, 0.5) is 5.69 Å². The Morgan fingerprint density at radius 2 is 1.76 bits per heavy atom. The normalized spacial score (nSPS) is 10.5. The van der Waals surface area contributed by atoms with Crippen LogP contribution < -0.4 is 5.73 Å². The lowest BCUT2D eigenvalue weighted by Crippen LogP contribution is -1.90. The molecule has 0 aromatic heterocycles. The van der Waals surface area contributed by atoms with Crippen molar-refractivity contribution in [3.63, 3.8) is 0 Å². The molecule has 17 heavy (non-hydrogen) atoms. The zero-order valence-corrected chi connectivity index (χ0v) is 13.0. The molecule has 0 radical (unpaired) electrons. The molecule has 0 bridgehead atoms. The van der Waals surface area contributed by atoms with Gasteiger partial charge in [-0.05, 0) is 55.6 Å². The van der Waals surface area contributed by atoms with Gasteiger partial charge < -0.3 is 5.73 Å². The van der Waals surface area contributed by atoms with E-state index in [0.717, 1.165) is 20.4 Å². The quantitative estimate of drug-likeness (QED) is 0.600. The van der Waals surface area contributed by atoms with Gasteiger partial charge in [-0.3, -0.25) is 0 Å². The van der Waals surface area contributed by atoms with E-state index in [-0.39, 0.29) is 0 Å². The molecule has 0 spiro atoms. The molecule has 0 atom stereocenters. The summed E-state index contributed by atoms with van der Waals surface area (Å²) < 4.78 is 2.13. The topological polar surface area (TPSA) is 26.0 Å². The van der Waals surface area contributed by atoms with Gasteiger partial charge in [-0.1, -0.05) is 24.3 Å². The zero-order chi connectivity index (χ0) is 12.3. The van der Waals surface area contributed by atoms with Gasteiger partial charge in [0.05, 0.1) is 0 Å². The Morgan fingerprint density at radius 3 is 2.53 bits per heavy atom. The molecule has 1 nitrogen and oxygen atoms in total. The van der Waals surface area contributed by atoms with Crippen molar-refractivity contribution < 1.29 is 0 Å². The first kappa shape index (κ1) is 13.0. The first-order valence-corrected chi connectivity index (χ1v) is 7.66. The minimum absolute atomic E-state index is 0.787. The summed E-state index contributed by atoms with van der Waals surface area (Å²) in [6.07, 6.45) is 0. The van der Waals surface area contributed by atoms with E-state index in [1.54, 1.807) is 11.8 Å². The number of benzene rings is 2. The van der Waals surface area contributed by atoms with Crippen molar-refractivity contribution in [1.29, 1.82) is 0 Å². The Kier molecular flexibility index (Phi) is 4.54. The second-order valence-electron chi connectivity index (χ2n) is 3.54. The first-order valence-electron chi connectivity index (χ1n) is 5.08. The van der Waals surface area contributed by atoms with E-state index >= 15 is 0 Å². The maximum Gasteiger partial charge on any atom is 0.0461 e. The van der Waals surface area contributed by atoms with Crippen molar-refractivity contribution in [1.82, 2.24) is 0 Å². The molecular formula is C13H11Br2NS. The minimum Gasteiger partial charge on any atom is -0.398 e. The van der Waals surface area contributed by atoms with Crippen LogP contribution >= 0.6 is 43.6 Å². The molecule has 0 aliphatic heterocycles. The molecule has 0 amide bonds. The number of hydrogen-bond donors (Lipinski definition) is 1. The van der Waals surface area contributed by atoms with Gasteiger partial charge in [0.1, 0.15) is 0 Å². The Labute approximate surface area is 122 Å². The average molecular weight is 373 g/mol. The molecule has 4 heteroatoms. The van der Waals surface area contributed by atoms with E-state index in [1.807, 2.05) is 24.3 Å². The van der Waals surface area contributed by atoms with Crippen LogP contribution in [0.25, 0.3) is 0 Å². The van der Waals surface area contributed by atoms with Gasteiger partial charge >= 0.3 is 0 Å². The third-order valence-corrected chi connectivity index (χ3v) is 5.37. The fourth-order valence-electron chi connectivity index (χ4n) is 1.43. The Bertz CT molecular complexity index is 529. The van der Waals surface area contributed by atoms with Crippen LogP contribution in [0.15, 0.2) is 56.3 Å². The fraction of sp³-hybridized carbons (Fsp3) is 0.0769. The summed E-state index contributed by atoms with van der Waals surface area (Å²) in [5.41, 5.74) is 7.86. The monoisotopic (exact) mass is 371 g/mol. The number of rotatable bonds is 3. The van der Waals surface area contributed by atoms with Crippen molar-refractivity contribution in [2.45, 2.75) is 10.6 Å². The lowest BCUT2D eigenvalue weighted by atomic mass is 10.2. The smallest absolute Gasteiger partial charge is 0.0461 e. The summed E-state index contributed by atoms with van der Waals surface area (Å²) in [6, 6.07) is 14.2. The molecule has 0 fully saturated rings. The molecular weight excluding hydrogens is 362 g/mol. The number of nitrogens with two attached hydrogens (primary N) is 1. The van der Waals surface area contributed by atoms with Gasteiger partial charge in [0, 0.05) is 25.3 Å². The Balaban J connectivity index is 2.13. The van der Waals surface area contributed by atoms with Gasteiger partial charge in [0.2, 0.25) is 0 Å². The number of anilines is 1. The van der Waals surface area contributed by atoms with Gasteiger partial charge in [0.25, 0.3) is 0 Å². The Hall–Kier alpha value is -0.450. The minimum atomic E-state index is 0.787. The molecule has 0 aliphatic rings. The molecule has 2 rings (SSSR count). The van der Waals surface area contributed by atoms with Crippen LogP contribution in [-0.2, 0) is 5.75 Å². The molecule has 2 aromatic rings. The third-order valence-electron chi connectivity index (χ3n) is 2.33. The summed E-state index contributed by atoms with van der Waals surface area (Å²) in [5.74, 6) is 0.897. The van der Waals surface area contributed by atoms with E-state index in [4.69, 9.17) is 5.73 Å². The highest BCUT2D eigenvalue weighted by Gasteiger charge is 2.05. The predicted molar refractivity (Wildman–Crippen MR) is 82.3 cm³/mol.